The van der Waals surface area contributed by atoms with Crippen molar-refractivity contribution < 1.29 is 9.47 Å². The fraction of sp³-hybridized carbons (Fsp3) is 0.235. The maximum absolute atomic E-state index is 6.06. The van der Waals surface area contributed by atoms with Crippen LogP contribution in [0.5, 0.6) is 11.5 Å². The molecule has 1 heterocycles. The third-order valence-corrected chi connectivity index (χ3v) is 4.56. The maximum Gasteiger partial charge on any atom is 0.164 e. The average Bonchev–Trinajstić information content (AvgIpc) is 2.64. The number of benzene rings is 2. The van der Waals surface area contributed by atoms with Crippen molar-refractivity contribution >= 4 is 57.2 Å². The second-order valence-electron chi connectivity index (χ2n) is 5.30. The van der Waals surface area contributed by atoms with Gasteiger partial charge in [0, 0.05) is 17.6 Å². The van der Waals surface area contributed by atoms with Crippen LogP contribution in [0.25, 0.3) is 10.9 Å². The summed E-state index contributed by atoms with van der Waals surface area (Å²) in [6, 6.07) is 8.76. The maximum atomic E-state index is 6.06. The first-order valence-electron chi connectivity index (χ1n) is 7.74. The lowest BCUT2D eigenvalue weighted by Gasteiger charge is -2.13. The van der Waals surface area contributed by atoms with Crippen LogP contribution in [-0.4, -0.2) is 35.0 Å². The molecule has 0 saturated heterocycles. The van der Waals surface area contributed by atoms with Crippen molar-refractivity contribution in [2.45, 2.75) is 6.42 Å². The molecule has 3 aromatic rings. The molecule has 26 heavy (non-hydrogen) atoms. The van der Waals surface area contributed by atoms with Crippen molar-refractivity contribution in [3.8, 4) is 11.5 Å². The van der Waals surface area contributed by atoms with Gasteiger partial charge in [0.15, 0.2) is 17.3 Å². The standard InChI is InChI=1S/C17H15Cl3N4O2/c1-25-15-8-11-14(9-16(15)26-6-2-5-18)22-24-23-17(11)21-10-3-4-12(19)13(20)7-10/h3-4,7-9H,2,5-6H2,1H3,(H,21,22,23). The van der Waals surface area contributed by atoms with Crippen LogP contribution in [0, 0.1) is 0 Å². The molecule has 0 aliphatic rings. The zero-order valence-electron chi connectivity index (χ0n) is 13.8. The van der Waals surface area contributed by atoms with Crippen molar-refractivity contribution in [1.29, 1.82) is 0 Å². The molecule has 0 spiro atoms. The van der Waals surface area contributed by atoms with E-state index in [4.69, 9.17) is 44.3 Å². The van der Waals surface area contributed by atoms with Gasteiger partial charge in [0.05, 0.1) is 29.1 Å². The molecule has 0 aliphatic carbocycles. The lowest BCUT2D eigenvalue weighted by atomic mass is 10.2. The highest BCUT2D eigenvalue weighted by Crippen LogP contribution is 2.35. The van der Waals surface area contributed by atoms with Gasteiger partial charge in [-0.1, -0.05) is 23.2 Å². The number of rotatable bonds is 7. The van der Waals surface area contributed by atoms with Crippen molar-refractivity contribution in [3.05, 3.63) is 40.4 Å². The summed E-state index contributed by atoms with van der Waals surface area (Å²) in [5, 5.41) is 16.8. The minimum Gasteiger partial charge on any atom is -0.493 e. The van der Waals surface area contributed by atoms with E-state index < -0.39 is 0 Å². The SMILES string of the molecule is COc1cc2c(Nc3ccc(Cl)c(Cl)c3)nnnc2cc1OCCCCl. The number of methoxy groups -OCH3 is 1. The van der Waals surface area contributed by atoms with Crippen LogP contribution in [-0.2, 0) is 0 Å². The molecule has 136 valence electrons. The van der Waals surface area contributed by atoms with Gasteiger partial charge < -0.3 is 14.8 Å². The van der Waals surface area contributed by atoms with Gasteiger partial charge in [-0.3, -0.25) is 0 Å². The second kappa shape index (κ2) is 8.58. The summed E-state index contributed by atoms with van der Waals surface area (Å²) in [4.78, 5) is 0. The Hall–Kier alpha value is -2.02. The zero-order chi connectivity index (χ0) is 18.5. The van der Waals surface area contributed by atoms with Crippen LogP contribution in [0.2, 0.25) is 10.0 Å². The summed E-state index contributed by atoms with van der Waals surface area (Å²) < 4.78 is 11.1. The lowest BCUT2D eigenvalue weighted by molar-refractivity contribution is 0.295. The molecule has 6 nitrogen and oxygen atoms in total. The van der Waals surface area contributed by atoms with Gasteiger partial charge >= 0.3 is 0 Å². The Bertz CT molecular complexity index is 924. The Labute approximate surface area is 165 Å². The highest BCUT2D eigenvalue weighted by Gasteiger charge is 2.13. The number of nitrogens with one attached hydrogen (secondary N) is 1. The minimum absolute atomic E-state index is 0.440. The van der Waals surface area contributed by atoms with Gasteiger partial charge in [-0.15, -0.1) is 21.8 Å². The molecular weight excluding hydrogens is 399 g/mol. The Balaban J connectivity index is 1.97. The molecule has 0 saturated carbocycles. The molecule has 0 bridgehead atoms. The predicted octanol–water partition coefficient (Wildman–Crippen LogP) is 5.09. The van der Waals surface area contributed by atoms with Gasteiger partial charge in [-0.05, 0) is 35.9 Å². The second-order valence-corrected chi connectivity index (χ2v) is 6.50. The van der Waals surface area contributed by atoms with E-state index in [1.807, 2.05) is 0 Å². The molecular formula is C17H15Cl3N4O2. The van der Waals surface area contributed by atoms with E-state index in [2.05, 4.69) is 20.7 Å². The summed E-state index contributed by atoms with van der Waals surface area (Å²) in [6.45, 7) is 0.484. The van der Waals surface area contributed by atoms with Gasteiger partial charge in [-0.2, -0.15) is 0 Å². The third kappa shape index (κ3) is 4.20. The molecule has 9 heteroatoms. The zero-order valence-corrected chi connectivity index (χ0v) is 16.1. The van der Waals surface area contributed by atoms with Crippen LogP contribution in [0.4, 0.5) is 11.5 Å². The van der Waals surface area contributed by atoms with Crippen molar-refractivity contribution in [3.63, 3.8) is 0 Å². The third-order valence-electron chi connectivity index (χ3n) is 3.55. The summed E-state index contributed by atoms with van der Waals surface area (Å²) in [5.74, 6) is 2.18. The Morgan fingerprint density at radius 1 is 1.04 bits per heavy atom. The van der Waals surface area contributed by atoms with E-state index in [9.17, 15) is 0 Å². The van der Waals surface area contributed by atoms with E-state index in [-0.39, 0.29) is 0 Å². The Morgan fingerprint density at radius 2 is 1.88 bits per heavy atom. The van der Waals surface area contributed by atoms with Crippen LogP contribution >= 0.6 is 34.8 Å². The summed E-state index contributed by atoms with van der Waals surface area (Å²) in [7, 11) is 1.57. The predicted molar refractivity (Wildman–Crippen MR) is 104 cm³/mol. The number of hydrogen-bond acceptors (Lipinski definition) is 6. The van der Waals surface area contributed by atoms with Crippen LogP contribution < -0.4 is 14.8 Å². The normalized spacial score (nSPS) is 10.8. The van der Waals surface area contributed by atoms with Gasteiger partial charge in [-0.25, -0.2) is 0 Å². The van der Waals surface area contributed by atoms with E-state index in [0.717, 1.165) is 17.5 Å². The van der Waals surface area contributed by atoms with E-state index in [1.165, 1.54) is 0 Å². The van der Waals surface area contributed by atoms with Gasteiger partial charge in [0.2, 0.25) is 0 Å². The number of hydrogen-bond donors (Lipinski definition) is 1. The van der Waals surface area contributed by atoms with Crippen LogP contribution in [0.3, 0.4) is 0 Å². The summed E-state index contributed by atoms with van der Waals surface area (Å²) in [6.07, 6.45) is 0.731. The van der Waals surface area contributed by atoms with Crippen molar-refractivity contribution in [2.75, 3.05) is 24.9 Å². The fourth-order valence-corrected chi connectivity index (χ4v) is 2.71. The average molecular weight is 414 g/mol. The molecule has 0 radical (unpaired) electrons. The topological polar surface area (TPSA) is 69.2 Å². The number of halogens is 3. The van der Waals surface area contributed by atoms with E-state index in [1.54, 1.807) is 37.4 Å². The molecule has 0 atom stereocenters. The van der Waals surface area contributed by atoms with E-state index in [0.29, 0.717) is 45.4 Å². The lowest BCUT2D eigenvalue weighted by Crippen LogP contribution is -2.02. The molecule has 0 fully saturated rings. The number of nitrogens with zero attached hydrogens (tertiary/aromatic N) is 3. The fourth-order valence-electron chi connectivity index (χ4n) is 2.30. The molecule has 1 N–H and O–H groups in total. The number of fused-ring (bicyclic) bond motifs is 1. The van der Waals surface area contributed by atoms with Crippen LogP contribution in [0.1, 0.15) is 6.42 Å². The van der Waals surface area contributed by atoms with Crippen molar-refractivity contribution in [2.24, 2.45) is 0 Å². The first-order chi connectivity index (χ1) is 12.6. The molecule has 0 unspecified atom stereocenters. The largest absolute Gasteiger partial charge is 0.493 e. The van der Waals surface area contributed by atoms with Crippen LogP contribution in [0.15, 0.2) is 30.3 Å². The Morgan fingerprint density at radius 3 is 2.62 bits per heavy atom. The van der Waals surface area contributed by atoms with E-state index >= 15 is 0 Å². The summed E-state index contributed by atoms with van der Waals surface area (Å²) >= 11 is 17.7. The minimum atomic E-state index is 0.440. The number of aromatic nitrogens is 3. The molecule has 0 aliphatic heterocycles. The van der Waals surface area contributed by atoms with Gasteiger partial charge in [0.1, 0.15) is 5.52 Å². The molecule has 3 rings (SSSR count). The highest BCUT2D eigenvalue weighted by molar-refractivity contribution is 6.42. The summed E-state index contributed by atoms with van der Waals surface area (Å²) in [5.41, 5.74) is 1.34. The molecule has 2 aromatic carbocycles. The highest BCUT2D eigenvalue weighted by atomic mass is 35.5. The van der Waals surface area contributed by atoms with Gasteiger partial charge in [0.25, 0.3) is 0 Å². The Kier molecular flexibility index (Phi) is 6.19. The van der Waals surface area contributed by atoms with Crippen molar-refractivity contribution in [1.82, 2.24) is 15.4 Å². The molecule has 1 aromatic heterocycles. The number of ether oxygens (including phenoxy) is 2. The number of anilines is 2. The first kappa shape index (κ1) is 18.8. The molecule has 0 amide bonds. The quantitative estimate of drug-likeness (QED) is 0.430. The monoisotopic (exact) mass is 412 g/mol. The number of alkyl halides is 1. The smallest absolute Gasteiger partial charge is 0.164 e. The first-order valence-corrected chi connectivity index (χ1v) is 9.03.